The van der Waals surface area contributed by atoms with E-state index in [0.29, 0.717) is 5.75 Å². The molecular formula is C16H17NO3S. The van der Waals surface area contributed by atoms with E-state index in [4.69, 9.17) is 4.74 Å². The molecule has 5 heteroatoms. The molecule has 0 spiro atoms. The Morgan fingerprint density at radius 3 is 2.57 bits per heavy atom. The van der Waals surface area contributed by atoms with Crippen LogP contribution in [0.4, 0.5) is 5.69 Å². The van der Waals surface area contributed by atoms with E-state index in [-0.39, 0.29) is 15.9 Å². The van der Waals surface area contributed by atoms with Gasteiger partial charge in [-0.05, 0) is 13.0 Å². The van der Waals surface area contributed by atoms with E-state index in [1.165, 1.54) is 0 Å². The van der Waals surface area contributed by atoms with Gasteiger partial charge in [0.1, 0.15) is 5.75 Å². The van der Waals surface area contributed by atoms with E-state index in [0.717, 1.165) is 16.9 Å². The summed E-state index contributed by atoms with van der Waals surface area (Å²) in [7, 11) is 1.65. The molecule has 0 fully saturated rings. The summed E-state index contributed by atoms with van der Waals surface area (Å²) in [5.74, 6) is 1.44. The molecule has 0 aromatic heterocycles. The number of ether oxygens (including phenoxy) is 1. The van der Waals surface area contributed by atoms with Gasteiger partial charge in [0, 0.05) is 28.2 Å². The zero-order valence-electron chi connectivity index (χ0n) is 12.0. The second kappa shape index (κ2) is 7.13. The Hall–Kier alpha value is -2.01. The third-order valence-corrected chi connectivity index (χ3v) is 4.49. The highest BCUT2D eigenvalue weighted by atomic mass is 32.2. The highest BCUT2D eigenvalue weighted by Gasteiger charge is 2.16. The average molecular weight is 303 g/mol. The Labute approximate surface area is 128 Å². The van der Waals surface area contributed by atoms with Crippen LogP contribution in [-0.4, -0.2) is 12.0 Å². The third kappa shape index (κ3) is 3.76. The molecule has 1 atom stereocenters. The first-order valence-corrected chi connectivity index (χ1v) is 7.65. The van der Waals surface area contributed by atoms with Gasteiger partial charge in [-0.15, -0.1) is 11.8 Å². The zero-order valence-corrected chi connectivity index (χ0v) is 12.8. The van der Waals surface area contributed by atoms with E-state index >= 15 is 0 Å². The van der Waals surface area contributed by atoms with Crippen molar-refractivity contribution in [1.29, 1.82) is 0 Å². The van der Waals surface area contributed by atoms with Gasteiger partial charge in [-0.25, -0.2) is 0 Å². The minimum Gasteiger partial charge on any atom is -0.496 e. The van der Waals surface area contributed by atoms with Crippen LogP contribution in [0.2, 0.25) is 0 Å². The van der Waals surface area contributed by atoms with Gasteiger partial charge in [0.25, 0.3) is 5.69 Å². The first-order valence-electron chi connectivity index (χ1n) is 6.60. The lowest BCUT2D eigenvalue weighted by Gasteiger charge is -2.15. The standard InChI is InChI=1S/C16H17NO3S/c1-12(14-8-4-6-10-16(14)20-2)21-11-13-7-3-5-9-15(13)17(18)19/h3-10,12H,11H2,1-2H3. The molecule has 0 radical (unpaired) electrons. The van der Waals surface area contributed by atoms with Gasteiger partial charge in [0.15, 0.2) is 0 Å². The quantitative estimate of drug-likeness (QED) is 0.578. The molecule has 0 saturated heterocycles. The molecule has 0 heterocycles. The van der Waals surface area contributed by atoms with Crippen molar-refractivity contribution in [3.05, 3.63) is 69.8 Å². The highest BCUT2D eigenvalue weighted by molar-refractivity contribution is 7.98. The molecule has 0 bridgehead atoms. The molecule has 0 aliphatic heterocycles. The number of nitro groups is 1. The van der Waals surface area contributed by atoms with Crippen LogP contribution in [0.25, 0.3) is 0 Å². The van der Waals surface area contributed by atoms with Crippen LogP contribution in [0.5, 0.6) is 5.75 Å². The van der Waals surface area contributed by atoms with Crippen LogP contribution in [0.15, 0.2) is 48.5 Å². The Bertz CT molecular complexity index is 630. The van der Waals surface area contributed by atoms with Crippen molar-refractivity contribution >= 4 is 17.4 Å². The predicted molar refractivity (Wildman–Crippen MR) is 85.8 cm³/mol. The number of hydrogen-bond donors (Lipinski definition) is 0. The van der Waals surface area contributed by atoms with Crippen LogP contribution in [-0.2, 0) is 5.75 Å². The van der Waals surface area contributed by atoms with Gasteiger partial charge in [-0.1, -0.05) is 36.4 Å². The number of benzene rings is 2. The van der Waals surface area contributed by atoms with Crippen LogP contribution >= 0.6 is 11.8 Å². The van der Waals surface area contributed by atoms with E-state index < -0.39 is 0 Å². The summed E-state index contributed by atoms with van der Waals surface area (Å²) in [4.78, 5) is 10.7. The molecular weight excluding hydrogens is 286 g/mol. The number of nitrogens with zero attached hydrogens (tertiary/aromatic N) is 1. The fourth-order valence-corrected chi connectivity index (χ4v) is 3.17. The van der Waals surface area contributed by atoms with E-state index in [2.05, 4.69) is 6.92 Å². The largest absolute Gasteiger partial charge is 0.496 e. The first kappa shape index (κ1) is 15.4. The first-order chi connectivity index (χ1) is 10.1. The SMILES string of the molecule is COc1ccccc1C(C)SCc1ccccc1[N+](=O)[O-]. The van der Waals surface area contributed by atoms with Crippen molar-refractivity contribution in [2.24, 2.45) is 0 Å². The molecule has 0 amide bonds. The summed E-state index contributed by atoms with van der Waals surface area (Å²) >= 11 is 1.66. The summed E-state index contributed by atoms with van der Waals surface area (Å²) in [6.45, 7) is 2.08. The van der Waals surface area contributed by atoms with Gasteiger partial charge < -0.3 is 4.74 Å². The second-order valence-electron chi connectivity index (χ2n) is 4.58. The number of methoxy groups -OCH3 is 1. The highest BCUT2D eigenvalue weighted by Crippen LogP contribution is 2.37. The lowest BCUT2D eigenvalue weighted by molar-refractivity contribution is -0.385. The number of rotatable bonds is 6. The van der Waals surface area contributed by atoms with Crippen molar-refractivity contribution in [3.63, 3.8) is 0 Å². The Morgan fingerprint density at radius 1 is 1.19 bits per heavy atom. The summed E-state index contributed by atoms with van der Waals surface area (Å²) in [6.07, 6.45) is 0. The zero-order chi connectivity index (χ0) is 15.2. The van der Waals surface area contributed by atoms with Crippen LogP contribution in [0, 0.1) is 10.1 Å². The molecule has 0 aliphatic carbocycles. The number of hydrogen-bond acceptors (Lipinski definition) is 4. The van der Waals surface area contributed by atoms with Crippen LogP contribution < -0.4 is 4.74 Å². The van der Waals surface area contributed by atoms with Gasteiger partial charge in [0.05, 0.1) is 12.0 Å². The lowest BCUT2D eigenvalue weighted by Crippen LogP contribution is -1.97. The van der Waals surface area contributed by atoms with Crippen molar-refractivity contribution in [2.45, 2.75) is 17.9 Å². The second-order valence-corrected chi connectivity index (χ2v) is 5.91. The Kier molecular flexibility index (Phi) is 5.22. The molecule has 110 valence electrons. The molecule has 2 aromatic carbocycles. The maximum Gasteiger partial charge on any atom is 0.273 e. The lowest BCUT2D eigenvalue weighted by atomic mass is 10.1. The number of thioether (sulfide) groups is 1. The number of nitro benzene ring substituents is 1. The monoisotopic (exact) mass is 303 g/mol. The van der Waals surface area contributed by atoms with E-state index in [9.17, 15) is 10.1 Å². The Morgan fingerprint density at radius 2 is 1.86 bits per heavy atom. The average Bonchev–Trinajstić information content (AvgIpc) is 2.52. The topological polar surface area (TPSA) is 52.4 Å². The molecule has 4 nitrogen and oxygen atoms in total. The van der Waals surface area contributed by atoms with Crippen molar-refractivity contribution in [2.75, 3.05) is 7.11 Å². The maximum atomic E-state index is 11.0. The summed E-state index contributed by atoms with van der Waals surface area (Å²) in [5.41, 5.74) is 2.02. The molecule has 0 N–H and O–H groups in total. The van der Waals surface area contributed by atoms with Crippen molar-refractivity contribution in [1.82, 2.24) is 0 Å². The minimum absolute atomic E-state index is 0.178. The maximum absolute atomic E-state index is 11.0. The van der Waals surface area contributed by atoms with Gasteiger partial charge in [-0.2, -0.15) is 0 Å². The van der Waals surface area contributed by atoms with Crippen LogP contribution in [0.3, 0.4) is 0 Å². The molecule has 21 heavy (non-hydrogen) atoms. The Balaban J connectivity index is 2.11. The van der Waals surface area contributed by atoms with Crippen LogP contribution in [0.1, 0.15) is 23.3 Å². The molecule has 0 saturated carbocycles. The van der Waals surface area contributed by atoms with Crippen molar-refractivity contribution < 1.29 is 9.66 Å². The fraction of sp³-hybridized carbons (Fsp3) is 0.250. The smallest absolute Gasteiger partial charge is 0.273 e. The third-order valence-electron chi connectivity index (χ3n) is 3.25. The van der Waals surface area contributed by atoms with Gasteiger partial charge in [0.2, 0.25) is 0 Å². The fourth-order valence-electron chi connectivity index (χ4n) is 2.12. The molecule has 2 rings (SSSR count). The van der Waals surface area contributed by atoms with E-state index in [1.54, 1.807) is 37.1 Å². The molecule has 1 unspecified atom stereocenters. The summed E-state index contributed by atoms with van der Waals surface area (Å²) in [6, 6.07) is 14.7. The summed E-state index contributed by atoms with van der Waals surface area (Å²) < 4.78 is 5.36. The number of para-hydroxylation sites is 2. The molecule has 0 aliphatic rings. The summed E-state index contributed by atoms with van der Waals surface area (Å²) in [5, 5.41) is 11.2. The normalized spacial score (nSPS) is 11.9. The van der Waals surface area contributed by atoms with Gasteiger partial charge >= 0.3 is 0 Å². The minimum atomic E-state index is -0.330. The van der Waals surface area contributed by atoms with Crippen molar-refractivity contribution in [3.8, 4) is 5.75 Å². The molecule has 2 aromatic rings. The van der Waals surface area contributed by atoms with Gasteiger partial charge in [-0.3, -0.25) is 10.1 Å². The van der Waals surface area contributed by atoms with E-state index in [1.807, 2.05) is 30.3 Å². The predicted octanol–water partition coefficient (Wildman–Crippen LogP) is 4.60.